The number of nitrogens with one attached hydrogen (secondary N) is 2. The highest BCUT2D eigenvalue weighted by Gasteiger charge is 2.51. The Hall–Kier alpha value is -1.14. The fourth-order valence-electron chi connectivity index (χ4n) is 3.23. The first kappa shape index (κ1) is 26.9. The Kier molecular flexibility index (Phi) is 7.62. The molecule has 0 aromatic heterocycles. The fourth-order valence-corrected chi connectivity index (χ4v) is 3.23. The van der Waals surface area contributed by atoms with Gasteiger partial charge in [0.1, 0.15) is 11.2 Å². The van der Waals surface area contributed by atoms with Crippen molar-refractivity contribution >= 4 is 11.8 Å². The molecule has 4 N–H and O–H groups in total. The lowest BCUT2D eigenvalue weighted by molar-refractivity contribution is -0.166. The number of amides is 2. The number of hydrogen-bond acceptors (Lipinski definition) is 4. The first-order valence-corrected chi connectivity index (χ1v) is 10.0. The van der Waals surface area contributed by atoms with Crippen LogP contribution < -0.4 is 10.9 Å². The average molecular weight is 401 g/mol. The Morgan fingerprint density at radius 1 is 0.571 bits per heavy atom. The first-order chi connectivity index (χ1) is 12.0. The van der Waals surface area contributed by atoms with Crippen LogP contribution in [0.4, 0.5) is 0 Å². The predicted octanol–water partition coefficient (Wildman–Crippen LogP) is 3.56. The molecule has 0 heterocycles. The minimum Gasteiger partial charge on any atom is -0.379 e. The second-order valence-corrected chi connectivity index (χ2v) is 12.6. The van der Waals surface area contributed by atoms with Crippen molar-refractivity contribution in [3.05, 3.63) is 0 Å². The number of aliphatic hydroxyl groups is 2. The van der Waals surface area contributed by atoms with Crippen molar-refractivity contribution in [2.45, 2.75) is 107 Å². The van der Waals surface area contributed by atoms with E-state index in [0.29, 0.717) is 0 Å². The summed E-state index contributed by atoms with van der Waals surface area (Å²) in [6, 6.07) is 0. The molecule has 0 aromatic carbocycles. The van der Waals surface area contributed by atoms with Gasteiger partial charge in [0.05, 0.1) is 0 Å². The molecule has 2 amide bonds. The van der Waals surface area contributed by atoms with Gasteiger partial charge >= 0.3 is 0 Å². The minimum atomic E-state index is -1.69. The van der Waals surface area contributed by atoms with E-state index < -0.39 is 33.8 Å². The van der Waals surface area contributed by atoms with Crippen LogP contribution >= 0.6 is 0 Å². The van der Waals surface area contributed by atoms with E-state index in [1.54, 1.807) is 41.5 Å². The fraction of sp³-hybridized carbons (Fsp3) is 0.909. The van der Waals surface area contributed by atoms with E-state index in [2.05, 4.69) is 10.9 Å². The first-order valence-electron chi connectivity index (χ1n) is 10.0. The summed E-state index contributed by atoms with van der Waals surface area (Å²) >= 11 is 0. The van der Waals surface area contributed by atoms with Gasteiger partial charge in [0, 0.05) is 0 Å². The van der Waals surface area contributed by atoms with Crippen LogP contribution in [0.2, 0.25) is 0 Å². The molecule has 0 fully saturated rings. The van der Waals surface area contributed by atoms with E-state index in [-0.39, 0.29) is 23.7 Å². The summed E-state index contributed by atoms with van der Waals surface area (Å²) in [7, 11) is 0. The Balaban J connectivity index is 5.63. The van der Waals surface area contributed by atoms with Crippen LogP contribution in [0.1, 0.15) is 95.9 Å². The summed E-state index contributed by atoms with van der Waals surface area (Å²) in [5.41, 5.74) is -0.756. The van der Waals surface area contributed by atoms with Gasteiger partial charge < -0.3 is 10.2 Å². The quantitative estimate of drug-likeness (QED) is 0.542. The zero-order valence-corrected chi connectivity index (χ0v) is 20.1. The molecule has 0 rings (SSSR count). The van der Waals surface area contributed by atoms with E-state index in [1.165, 1.54) is 0 Å². The van der Waals surface area contributed by atoms with Crippen LogP contribution in [0.3, 0.4) is 0 Å². The van der Waals surface area contributed by atoms with Crippen LogP contribution in [-0.2, 0) is 9.59 Å². The molecule has 2 unspecified atom stereocenters. The van der Waals surface area contributed by atoms with E-state index in [0.717, 1.165) is 0 Å². The zero-order valence-electron chi connectivity index (χ0n) is 20.1. The Bertz CT molecular complexity index is 521. The lowest BCUT2D eigenvalue weighted by Gasteiger charge is -2.44. The van der Waals surface area contributed by atoms with Crippen molar-refractivity contribution in [3.8, 4) is 0 Å². The second-order valence-electron chi connectivity index (χ2n) is 12.6. The summed E-state index contributed by atoms with van der Waals surface area (Å²) < 4.78 is 0. The molecule has 0 saturated heterocycles. The molecule has 0 saturated carbocycles. The molecular formula is C22H44N2O4. The molecule has 166 valence electrons. The van der Waals surface area contributed by atoms with Gasteiger partial charge in [-0.2, -0.15) is 0 Å². The lowest BCUT2D eigenvalue weighted by atomic mass is 9.67. The molecule has 0 bridgehead atoms. The van der Waals surface area contributed by atoms with Crippen LogP contribution in [-0.4, -0.2) is 33.2 Å². The largest absolute Gasteiger partial charge is 0.379 e. The van der Waals surface area contributed by atoms with E-state index in [1.807, 2.05) is 41.5 Å². The molecule has 0 spiro atoms. The van der Waals surface area contributed by atoms with Gasteiger partial charge in [0.2, 0.25) is 0 Å². The standard InChI is InChI=1S/C22H44N2O4/c1-17(2,3)13-21(27,19(7,8)9)15(25)23-24-16(26)22(28,20(10,11)12)14-18(4,5)6/h27-28H,13-14H2,1-12H3,(H,23,25)(H,24,26). The third-order valence-electron chi connectivity index (χ3n) is 5.09. The molecular weight excluding hydrogens is 356 g/mol. The van der Waals surface area contributed by atoms with Crippen LogP contribution in [0.5, 0.6) is 0 Å². The normalized spacial score (nSPS) is 18.1. The topological polar surface area (TPSA) is 98.7 Å². The van der Waals surface area contributed by atoms with Crippen LogP contribution in [0.15, 0.2) is 0 Å². The zero-order chi connectivity index (χ0) is 23.0. The molecule has 28 heavy (non-hydrogen) atoms. The van der Waals surface area contributed by atoms with E-state index >= 15 is 0 Å². The van der Waals surface area contributed by atoms with Crippen LogP contribution in [0, 0.1) is 21.7 Å². The van der Waals surface area contributed by atoms with Gasteiger partial charge in [-0.15, -0.1) is 0 Å². The second kappa shape index (κ2) is 7.94. The summed E-state index contributed by atoms with van der Waals surface area (Å²) in [6.07, 6.45) is 0.438. The molecule has 0 aromatic rings. The predicted molar refractivity (Wildman–Crippen MR) is 113 cm³/mol. The number of carbonyl (C=O) groups is 2. The Labute approximate surface area is 171 Å². The van der Waals surface area contributed by atoms with Gasteiger partial charge in [0.15, 0.2) is 0 Å². The maximum absolute atomic E-state index is 12.9. The van der Waals surface area contributed by atoms with Crippen molar-refractivity contribution < 1.29 is 19.8 Å². The van der Waals surface area contributed by atoms with E-state index in [9.17, 15) is 19.8 Å². The van der Waals surface area contributed by atoms with Crippen molar-refractivity contribution in [2.24, 2.45) is 21.7 Å². The highest BCUT2D eigenvalue weighted by atomic mass is 16.3. The van der Waals surface area contributed by atoms with Gasteiger partial charge in [-0.05, 0) is 34.5 Å². The van der Waals surface area contributed by atoms with Gasteiger partial charge in [0.25, 0.3) is 11.8 Å². The minimum absolute atomic E-state index is 0.219. The third kappa shape index (κ3) is 6.73. The highest BCUT2D eigenvalue weighted by molar-refractivity contribution is 5.91. The summed E-state index contributed by atoms with van der Waals surface area (Å²) in [5.74, 6) is -1.37. The molecule has 2 atom stereocenters. The van der Waals surface area contributed by atoms with Crippen molar-refractivity contribution in [3.63, 3.8) is 0 Å². The highest BCUT2D eigenvalue weighted by Crippen LogP contribution is 2.41. The average Bonchev–Trinajstić information content (AvgIpc) is 2.37. The smallest absolute Gasteiger partial charge is 0.270 e. The maximum Gasteiger partial charge on any atom is 0.270 e. The number of hydrogen-bond donors (Lipinski definition) is 4. The summed E-state index contributed by atoms with van der Waals surface area (Å²) in [4.78, 5) is 25.8. The van der Waals surface area contributed by atoms with E-state index in [4.69, 9.17) is 0 Å². The van der Waals surface area contributed by atoms with Gasteiger partial charge in [-0.3, -0.25) is 20.4 Å². The van der Waals surface area contributed by atoms with Crippen molar-refractivity contribution in [1.29, 1.82) is 0 Å². The Morgan fingerprint density at radius 3 is 0.929 bits per heavy atom. The van der Waals surface area contributed by atoms with Crippen molar-refractivity contribution in [1.82, 2.24) is 10.9 Å². The summed E-state index contributed by atoms with van der Waals surface area (Å²) in [6.45, 7) is 22.3. The Morgan fingerprint density at radius 2 is 0.786 bits per heavy atom. The summed E-state index contributed by atoms with van der Waals surface area (Å²) in [5, 5.41) is 22.4. The molecule has 6 nitrogen and oxygen atoms in total. The van der Waals surface area contributed by atoms with Crippen LogP contribution in [0.25, 0.3) is 0 Å². The van der Waals surface area contributed by atoms with Gasteiger partial charge in [-0.25, -0.2) is 0 Å². The molecule has 0 aliphatic heterocycles. The third-order valence-corrected chi connectivity index (χ3v) is 5.09. The number of rotatable bonds is 4. The SMILES string of the molecule is CC(C)(C)CC(O)(C(=O)NNC(=O)C(O)(CC(C)(C)C)C(C)(C)C)C(C)(C)C. The molecule has 0 aliphatic carbocycles. The molecule has 0 radical (unpaired) electrons. The monoisotopic (exact) mass is 400 g/mol. The lowest BCUT2D eigenvalue weighted by Crippen LogP contribution is -2.64. The molecule has 6 heteroatoms. The molecule has 0 aliphatic rings. The number of hydrazine groups is 1. The van der Waals surface area contributed by atoms with Gasteiger partial charge in [-0.1, -0.05) is 83.1 Å². The number of carbonyl (C=O) groups excluding carboxylic acids is 2. The maximum atomic E-state index is 12.9. The van der Waals surface area contributed by atoms with Crippen molar-refractivity contribution in [2.75, 3.05) is 0 Å².